The van der Waals surface area contributed by atoms with Crippen LogP contribution in [-0.2, 0) is 5.41 Å². The highest BCUT2D eigenvalue weighted by atomic mass is 35.5. The minimum Gasteiger partial charge on any atom is -0.330 e. The van der Waals surface area contributed by atoms with Gasteiger partial charge in [0.15, 0.2) is 0 Å². The van der Waals surface area contributed by atoms with Gasteiger partial charge in [-0.05, 0) is 43.9 Å². The van der Waals surface area contributed by atoms with Crippen LogP contribution in [-0.4, -0.2) is 17.5 Å². The first-order chi connectivity index (χ1) is 8.80. The fraction of sp³-hybridized carbons (Fsp3) is 0.643. The van der Waals surface area contributed by atoms with Gasteiger partial charge in [0.2, 0.25) is 5.92 Å². The SMILES string of the molecule is Cc1cc(C)c(C2(CN)CCC(F)(F)CC2)c(Cl)n1. The zero-order valence-electron chi connectivity index (χ0n) is 11.3. The molecule has 0 saturated heterocycles. The number of hydrogen-bond donors (Lipinski definition) is 1. The molecule has 1 saturated carbocycles. The second kappa shape index (κ2) is 4.98. The van der Waals surface area contributed by atoms with Crippen molar-refractivity contribution in [2.75, 3.05) is 6.54 Å². The molecule has 0 spiro atoms. The van der Waals surface area contributed by atoms with Crippen molar-refractivity contribution in [3.63, 3.8) is 0 Å². The molecule has 106 valence electrons. The molecule has 19 heavy (non-hydrogen) atoms. The van der Waals surface area contributed by atoms with Gasteiger partial charge in [0.05, 0.1) is 0 Å². The molecule has 1 aliphatic rings. The van der Waals surface area contributed by atoms with Crippen LogP contribution in [0.25, 0.3) is 0 Å². The maximum absolute atomic E-state index is 13.4. The largest absolute Gasteiger partial charge is 0.330 e. The van der Waals surface area contributed by atoms with Crippen LogP contribution in [0, 0.1) is 13.8 Å². The molecule has 1 aliphatic carbocycles. The molecule has 2 nitrogen and oxygen atoms in total. The van der Waals surface area contributed by atoms with E-state index in [1.165, 1.54) is 0 Å². The summed E-state index contributed by atoms with van der Waals surface area (Å²) in [6.07, 6.45) is 0.464. The van der Waals surface area contributed by atoms with Crippen molar-refractivity contribution in [1.82, 2.24) is 4.98 Å². The summed E-state index contributed by atoms with van der Waals surface area (Å²) in [7, 11) is 0. The van der Waals surface area contributed by atoms with Crippen LogP contribution < -0.4 is 5.73 Å². The van der Waals surface area contributed by atoms with Gasteiger partial charge in [-0.15, -0.1) is 0 Å². The van der Waals surface area contributed by atoms with Gasteiger partial charge >= 0.3 is 0 Å². The topological polar surface area (TPSA) is 38.9 Å². The number of aryl methyl sites for hydroxylation is 2. The molecule has 0 aliphatic heterocycles. The van der Waals surface area contributed by atoms with E-state index in [0.717, 1.165) is 16.8 Å². The predicted molar refractivity (Wildman–Crippen MR) is 72.9 cm³/mol. The molecule has 2 N–H and O–H groups in total. The summed E-state index contributed by atoms with van der Waals surface area (Å²) in [5, 5.41) is 0.410. The van der Waals surface area contributed by atoms with Gasteiger partial charge in [-0.1, -0.05) is 11.6 Å². The van der Waals surface area contributed by atoms with Crippen LogP contribution in [0.4, 0.5) is 8.78 Å². The number of pyridine rings is 1. The highest BCUT2D eigenvalue weighted by Gasteiger charge is 2.45. The quantitative estimate of drug-likeness (QED) is 0.842. The standard InChI is InChI=1S/C14H19ClF2N2/c1-9-7-10(2)19-12(15)11(9)13(8-18)3-5-14(16,17)6-4-13/h7H,3-6,8,18H2,1-2H3. The van der Waals surface area contributed by atoms with Crippen LogP contribution in [0.2, 0.25) is 5.15 Å². The Morgan fingerprint density at radius 1 is 1.26 bits per heavy atom. The lowest BCUT2D eigenvalue weighted by atomic mass is 9.67. The molecule has 0 amide bonds. The van der Waals surface area contributed by atoms with E-state index in [1.54, 1.807) is 0 Å². The molecule has 0 atom stereocenters. The smallest absolute Gasteiger partial charge is 0.248 e. The summed E-state index contributed by atoms with van der Waals surface area (Å²) < 4.78 is 26.8. The van der Waals surface area contributed by atoms with E-state index in [1.807, 2.05) is 19.9 Å². The number of nitrogens with two attached hydrogens (primary N) is 1. The lowest BCUT2D eigenvalue weighted by molar-refractivity contribution is -0.0510. The van der Waals surface area contributed by atoms with E-state index in [4.69, 9.17) is 17.3 Å². The Hall–Kier alpha value is -0.740. The second-order valence-electron chi connectivity index (χ2n) is 5.59. The normalized spacial score (nSPS) is 21.4. The third kappa shape index (κ3) is 2.75. The summed E-state index contributed by atoms with van der Waals surface area (Å²) in [5.41, 5.74) is 8.13. The maximum atomic E-state index is 13.4. The van der Waals surface area contributed by atoms with Crippen molar-refractivity contribution < 1.29 is 8.78 Å². The first-order valence-corrected chi connectivity index (χ1v) is 6.90. The molecule has 0 unspecified atom stereocenters. The average Bonchev–Trinajstić information content (AvgIpc) is 2.30. The number of nitrogens with zero attached hydrogens (tertiary/aromatic N) is 1. The number of alkyl halides is 2. The number of hydrogen-bond acceptors (Lipinski definition) is 2. The van der Waals surface area contributed by atoms with Crippen LogP contribution in [0.3, 0.4) is 0 Å². The van der Waals surface area contributed by atoms with E-state index in [9.17, 15) is 8.78 Å². The molecule has 1 aromatic heterocycles. The van der Waals surface area contributed by atoms with Crippen molar-refractivity contribution in [2.24, 2.45) is 5.73 Å². The number of rotatable bonds is 2. The summed E-state index contributed by atoms with van der Waals surface area (Å²) in [6, 6.07) is 1.94. The second-order valence-corrected chi connectivity index (χ2v) is 5.94. The van der Waals surface area contributed by atoms with Crippen molar-refractivity contribution in [2.45, 2.75) is 50.9 Å². The molecular weight excluding hydrogens is 270 g/mol. The maximum Gasteiger partial charge on any atom is 0.248 e. The summed E-state index contributed by atoms with van der Waals surface area (Å²) >= 11 is 6.25. The summed E-state index contributed by atoms with van der Waals surface area (Å²) in [6.45, 7) is 4.14. The first-order valence-electron chi connectivity index (χ1n) is 6.52. The van der Waals surface area contributed by atoms with Crippen LogP contribution >= 0.6 is 11.6 Å². The van der Waals surface area contributed by atoms with E-state index in [2.05, 4.69) is 4.98 Å². The van der Waals surface area contributed by atoms with Gasteiger partial charge in [-0.3, -0.25) is 0 Å². The Morgan fingerprint density at radius 3 is 2.32 bits per heavy atom. The number of halogens is 3. The van der Waals surface area contributed by atoms with Gasteiger partial charge in [-0.25, -0.2) is 13.8 Å². The monoisotopic (exact) mass is 288 g/mol. The third-order valence-electron chi connectivity index (χ3n) is 4.16. The summed E-state index contributed by atoms with van der Waals surface area (Å²) in [4.78, 5) is 4.26. The van der Waals surface area contributed by atoms with Crippen molar-refractivity contribution in [1.29, 1.82) is 0 Å². The Labute approximate surface area is 117 Å². The van der Waals surface area contributed by atoms with Crippen molar-refractivity contribution in [3.8, 4) is 0 Å². The van der Waals surface area contributed by atoms with E-state index in [-0.39, 0.29) is 12.8 Å². The average molecular weight is 289 g/mol. The minimum absolute atomic E-state index is 0.131. The van der Waals surface area contributed by atoms with Crippen molar-refractivity contribution >= 4 is 11.6 Å². The fourth-order valence-corrected chi connectivity index (χ4v) is 3.56. The van der Waals surface area contributed by atoms with Crippen LogP contribution in [0.15, 0.2) is 6.07 Å². The van der Waals surface area contributed by atoms with Crippen LogP contribution in [0.1, 0.15) is 42.5 Å². The predicted octanol–water partition coefficient (Wildman–Crippen LogP) is 3.76. The molecule has 2 rings (SSSR count). The zero-order chi connectivity index (χ0) is 14.3. The van der Waals surface area contributed by atoms with Gasteiger partial charge < -0.3 is 5.73 Å². The first kappa shape index (κ1) is 14.7. The lowest BCUT2D eigenvalue weighted by Crippen LogP contribution is -2.43. The molecule has 0 bridgehead atoms. The molecule has 1 fully saturated rings. The molecule has 0 radical (unpaired) electrons. The fourth-order valence-electron chi connectivity index (χ4n) is 3.08. The third-order valence-corrected chi connectivity index (χ3v) is 4.43. The molecule has 0 aromatic carbocycles. The Morgan fingerprint density at radius 2 is 1.84 bits per heavy atom. The molecular formula is C14H19ClF2N2. The Balaban J connectivity index is 2.43. The minimum atomic E-state index is -2.57. The van der Waals surface area contributed by atoms with Gasteiger partial charge in [0.1, 0.15) is 5.15 Å². The molecule has 5 heteroatoms. The highest BCUT2D eigenvalue weighted by molar-refractivity contribution is 6.30. The zero-order valence-corrected chi connectivity index (χ0v) is 12.0. The van der Waals surface area contributed by atoms with Gasteiger partial charge in [-0.2, -0.15) is 0 Å². The molecule has 1 aromatic rings. The lowest BCUT2D eigenvalue weighted by Gasteiger charge is -2.40. The summed E-state index contributed by atoms with van der Waals surface area (Å²) in [5.74, 6) is -2.57. The Kier molecular flexibility index (Phi) is 3.85. The van der Waals surface area contributed by atoms with E-state index in [0.29, 0.717) is 24.5 Å². The Bertz CT molecular complexity index is 455. The van der Waals surface area contributed by atoms with E-state index < -0.39 is 11.3 Å². The molecule has 1 heterocycles. The van der Waals surface area contributed by atoms with Gasteiger partial charge in [0, 0.05) is 30.5 Å². The van der Waals surface area contributed by atoms with E-state index >= 15 is 0 Å². The van der Waals surface area contributed by atoms with Crippen molar-refractivity contribution in [3.05, 3.63) is 28.0 Å². The van der Waals surface area contributed by atoms with Crippen LogP contribution in [0.5, 0.6) is 0 Å². The number of aromatic nitrogens is 1. The highest BCUT2D eigenvalue weighted by Crippen LogP contribution is 2.47. The van der Waals surface area contributed by atoms with Gasteiger partial charge in [0.25, 0.3) is 0 Å².